The van der Waals surface area contributed by atoms with E-state index in [1.54, 1.807) is 0 Å². The molecule has 1 aliphatic rings. The van der Waals surface area contributed by atoms with E-state index in [-0.39, 0.29) is 6.04 Å². The first-order chi connectivity index (χ1) is 7.98. The fraction of sp³-hybridized carbons (Fsp3) is 0.933. The highest BCUT2D eigenvalue weighted by atomic mass is 16.1. The summed E-state index contributed by atoms with van der Waals surface area (Å²) in [6.45, 7) is 9.68. The molecule has 100 valence electrons. The molecule has 1 unspecified atom stereocenters. The van der Waals surface area contributed by atoms with Crippen LogP contribution in [0.5, 0.6) is 0 Å². The standard InChI is InChI=1S/C15H29NO/c1-5-14(17)13(16-6-2)11-12-7-9-15(3,4)10-8-12/h12-13,16H,5-11H2,1-4H3. The number of likely N-dealkylation sites (N-methyl/N-ethyl adjacent to an activating group) is 1. The third kappa shape index (κ3) is 4.79. The number of ketones is 1. The van der Waals surface area contributed by atoms with Crippen LogP contribution < -0.4 is 5.32 Å². The van der Waals surface area contributed by atoms with Crippen molar-refractivity contribution in [1.29, 1.82) is 0 Å². The third-order valence-electron chi connectivity index (χ3n) is 4.22. The van der Waals surface area contributed by atoms with Crippen LogP contribution in [0.3, 0.4) is 0 Å². The molecule has 0 aromatic carbocycles. The minimum Gasteiger partial charge on any atom is -0.308 e. The lowest BCUT2D eigenvalue weighted by Gasteiger charge is -2.35. The van der Waals surface area contributed by atoms with Crippen molar-refractivity contribution in [1.82, 2.24) is 5.32 Å². The molecule has 0 radical (unpaired) electrons. The second-order valence-corrected chi connectivity index (χ2v) is 6.27. The maximum absolute atomic E-state index is 11.8. The quantitative estimate of drug-likeness (QED) is 0.768. The highest BCUT2D eigenvalue weighted by molar-refractivity contribution is 5.83. The molecule has 0 heterocycles. The molecule has 0 amide bonds. The maximum Gasteiger partial charge on any atom is 0.149 e. The van der Waals surface area contributed by atoms with Crippen LogP contribution in [-0.2, 0) is 4.79 Å². The van der Waals surface area contributed by atoms with Crippen LogP contribution in [-0.4, -0.2) is 18.4 Å². The fourth-order valence-corrected chi connectivity index (χ4v) is 2.85. The molecule has 1 N–H and O–H groups in total. The highest BCUT2D eigenvalue weighted by Crippen LogP contribution is 2.39. The Morgan fingerprint density at radius 3 is 2.35 bits per heavy atom. The molecule has 1 rings (SSSR count). The number of Topliss-reactive ketones (excluding diaryl/α,β-unsaturated/α-hetero) is 1. The van der Waals surface area contributed by atoms with Crippen molar-refractivity contribution in [2.24, 2.45) is 11.3 Å². The van der Waals surface area contributed by atoms with Crippen LogP contribution in [0.25, 0.3) is 0 Å². The second-order valence-electron chi connectivity index (χ2n) is 6.27. The largest absolute Gasteiger partial charge is 0.308 e. The summed E-state index contributed by atoms with van der Waals surface area (Å²) in [6.07, 6.45) is 6.94. The smallest absolute Gasteiger partial charge is 0.149 e. The first-order valence-electron chi connectivity index (χ1n) is 7.24. The Labute approximate surface area is 107 Å². The Morgan fingerprint density at radius 1 is 1.29 bits per heavy atom. The van der Waals surface area contributed by atoms with Gasteiger partial charge in [-0.3, -0.25) is 4.79 Å². The number of hydrogen-bond donors (Lipinski definition) is 1. The Morgan fingerprint density at radius 2 is 1.88 bits per heavy atom. The minimum absolute atomic E-state index is 0.108. The minimum atomic E-state index is 0.108. The summed E-state index contributed by atoms with van der Waals surface area (Å²) in [5, 5.41) is 3.35. The Balaban J connectivity index is 2.43. The van der Waals surface area contributed by atoms with E-state index in [2.05, 4.69) is 26.1 Å². The van der Waals surface area contributed by atoms with Gasteiger partial charge >= 0.3 is 0 Å². The first kappa shape index (κ1) is 14.7. The lowest BCUT2D eigenvalue weighted by atomic mass is 9.71. The Kier molecular flexibility index (Phi) is 5.64. The average Bonchev–Trinajstić information content (AvgIpc) is 2.30. The average molecular weight is 239 g/mol. The van der Waals surface area contributed by atoms with Crippen LogP contribution in [0, 0.1) is 11.3 Å². The highest BCUT2D eigenvalue weighted by Gasteiger charge is 2.29. The van der Waals surface area contributed by atoms with Gasteiger partial charge in [0.1, 0.15) is 5.78 Å². The van der Waals surface area contributed by atoms with E-state index in [1.807, 2.05) is 6.92 Å². The Bertz CT molecular complexity index is 237. The van der Waals surface area contributed by atoms with E-state index in [9.17, 15) is 4.79 Å². The molecular formula is C15H29NO. The van der Waals surface area contributed by atoms with Gasteiger partial charge in [-0.15, -0.1) is 0 Å². The van der Waals surface area contributed by atoms with Crippen molar-refractivity contribution in [3.05, 3.63) is 0 Å². The zero-order valence-corrected chi connectivity index (χ0v) is 12.0. The van der Waals surface area contributed by atoms with Crippen LogP contribution in [0.2, 0.25) is 0 Å². The number of carbonyl (C=O) groups is 1. The molecule has 0 spiro atoms. The molecule has 2 heteroatoms. The monoisotopic (exact) mass is 239 g/mol. The van der Waals surface area contributed by atoms with Gasteiger partial charge in [-0.25, -0.2) is 0 Å². The van der Waals surface area contributed by atoms with Crippen LogP contribution >= 0.6 is 0 Å². The van der Waals surface area contributed by atoms with E-state index in [0.29, 0.717) is 17.6 Å². The van der Waals surface area contributed by atoms with E-state index in [1.165, 1.54) is 25.7 Å². The van der Waals surface area contributed by atoms with Crippen LogP contribution in [0.15, 0.2) is 0 Å². The molecule has 17 heavy (non-hydrogen) atoms. The SMILES string of the molecule is CCNC(CC1CCC(C)(C)CC1)C(=O)CC. The zero-order chi connectivity index (χ0) is 12.9. The maximum atomic E-state index is 11.8. The summed E-state index contributed by atoms with van der Waals surface area (Å²) < 4.78 is 0. The van der Waals surface area contributed by atoms with Gasteiger partial charge in [-0.2, -0.15) is 0 Å². The van der Waals surface area contributed by atoms with Gasteiger partial charge < -0.3 is 5.32 Å². The molecule has 0 aliphatic heterocycles. The summed E-state index contributed by atoms with van der Waals surface area (Å²) in [5.41, 5.74) is 0.527. The number of nitrogens with one attached hydrogen (secondary N) is 1. The van der Waals surface area contributed by atoms with Gasteiger partial charge in [-0.05, 0) is 50.0 Å². The van der Waals surface area contributed by atoms with Crippen molar-refractivity contribution in [3.63, 3.8) is 0 Å². The molecule has 2 nitrogen and oxygen atoms in total. The van der Waals surface area contributed by atoms with Gasteiger partial charge in [0.05, 0.1) is 6.04 Å². The van der Waals surface area contributed by atoms with E-state index >= 15 is 0 Å². The van der Waals surface area contributed by atoms with Crippen molar-refractivity contribution < 1.29 is 4.79 Å². The molecule has 1 fully saturated rings. The molecular weight excluding hydrogens is 210 g/mol. The molecule has 0 saturated heterocycles. The van der Waals surface area contributed by atoms with Crippen molar-refractivity contribution in [3.8, 4) is 0 Å². The number of rotatable bonds is 6. The van der Waals surface area contributed by atoms with Crippen molar-refractivity contribution in [2.75, 3.05) is 6.54 Å². The van der Waals surface area contributed by atoms with Gasteiger partial charge in [0.25, 0.3) is 0 Å². The van der Waals surface area contributed by atoms with Gasteiger partial charge in [0.15, 0.2) is 0 Å². The lowest BCUT2D eigenvalue weighted by Crippen LogP contribution is -2.39. The van der Waals surface area contributed by atoms with E-state index in [4.69, 9.17) is 0 Å². The fourth-order valence-electron chi connectivity index (χ4n) is 2.85. The predicted octanol–water partition coefficient (Wildman–Crippen LogP) is 3.55. The number of hydrogen-bond acceptors (Lipinski definition) is 2. The normalized spacial score (nSPS) is 22.4. The molecule has 0 aromatic heterocycles. The summed E-state index contributed by atoms with van der Waals surface area (Å²) >= 11 is 0. The number of carbonyl (C=O) groups excluding carboxylic acids is 1. The molecule has 1 saturated carbocycles. The van der Waals surface area contributed by atoms with E-state index < -0.39 is 0 Å². The zero-order valence-electron chi connectivity index (χ0n) is 12.0. The molecule has 0 bridgehead atoms. The summed E-state index contributed by atoms with van der Waals surface area (Å²) in [4.78, 5) is 11.8. The molecule has 1 aliphatic carbocycles. The van der Waals surface area contributed by atoms with Gasteiger partial charge in [0.2, 0.25) is 0 Å². The second kappa shape index (κ2) is 6.53. The summed E-state index contributed by atoms with van der Waals surface area (Å²) in [6, 6.07) is 0.108. The first-order valence-corrected chi connectivity index (χ1v) is 7.24. The van der Waals surface area contributed by atoms with E-state index in [0.717, 1.165) is 18.9 Å². The predicted molar refractivity (Wildman–Crippen MR) is 73.1 cm³/mol. The molecule has 0 aromatic rings. The third-order valence-corrected chi connectivity index (χ3v) is 4.22. The van der Waals surface area contributed by atoms with Crippen molar-refractivity contribution in [2.45, 2.75) is 72.3 Å². The summed E-state index contributed by atoms with van der Waals surface area (Å²) in [5.74, 6) is 1.14. The summed E-state index contributed by atoms with van der Waals surface area (Å²) in [7, 11) is 0. The van der Waals surface area contributed by atoms with Crippen LogP contribution in [0.4, 0.5) is 0 Å². The topological polar surface area (TPSA) is 29.1 Å². The van der Waals surface area contributed by atoms with Crippen LogP contribution in [0.1, 0.15) is 66.2 Å². The van der Waals surface area contributed by atoms with Gasteiger partial charge in [-0.1, -0.05) is 27.7 Å². The lowest BCUT2D eigenvalue weighted by molar-refractivity contribution is -0.121. The Hall–Kier alpha value is -0.370. The molecule has 1 atom stereocenters. The van der Waals surface area contributed by atoms with Gasteiger partial charge in [0, 0.05) is 6.42 Å². The van der Waals surface area contributed by atoms with Crippen molar-refractivity contribution >= 4 is 5.78 Å².